The van der Waals surface area contributed by atoms with Gasteiger partial charge in [-0.1, -0.05) is 40.0 Å². The standard InChI is InChI=1S/C13H21O2P/c1-9-12(14-3)13(15-4)10(2)16(9)11-7-5-6-8-11/h5,7-10,12-13H,6H2,1-4H3/t9-,10-,12+,13+/m0/s1. The molecule has 1 aliphatic heterocycles. The topological polar surface area (TPSA) is 18.5 Å². The molecule has 1 aliphatic carbocycles. The predicted octanol–water partition coefficient (Wildman–Crippen LogP) is 3.13. The molecule has 0 saturated carbocycles. The lowest BCUT2D eigenvalue weighted by Crippen LogP contribution is -2.34. The average Bonchev–Trinajstić information content (AvgIpc) is 2.85. The maximum atomic E-state index is 5.63. The van der Waals surface area contributed by atoms with Crippen molar-refractivity contribution < 1.29 is 9.47 Å². The molecule has 3 heteroatoms. The third kappa shape index (κ3) is 1.88. The van der Waals surface area contributed by atoms with Gasteiger partial charge < -0.3 is 9.47 Å². The quantitative estimate of drug-likeness (QED) is 0.706. The highest BCUT2D eigenvalue weighted by molar-refractivity contribution is 7.64. The number of allylic oxidation sites excluding steroid dienone is 4. The third-order valence-corrected chi connectivity index (χ3v) is 7.02. The van der Waals surface area contributed by atoms with Crippen LogP contribution in [0.15, 0.2) is 23.5 Å². The van der Waals surface area contributed by atoms with Crippen LogP contribution >= 0.6 is 7.92 Å². The van der Waals surface area contributed by atoms with E-state index >= 15 is 0 Å². The fourth-order valence-corrected chi connectivity index (χ4v) is 6.50. The second kappa shape index (κ2) is 5.00. The molecule has 90 valence electrons. The van der Waals surface area contributed by atoms with E-state index in [1.165, 1.54) is 5.31 Å². The maximum absolute atomic E-state index is 5.63. The summed E-state index contributed by atoms with van der Waals surface area (Å²) < 4.78 is 11.3. The van der Waals surface area contributed by atoms with Gasteiger partial charge in [-0.2, -0.15) is 0 Å². The summed E-state index contributed by atoms with van der Waals surface area (Å²) in [6, 6.07) is 0. The van der Waals surface area contributed by atoms with Crippen LogP contribution in [0.25, 0.3) is 0 Å². The smallest absolute Gasteiger partial charge is 0.0906 e. The lowest BCUT2D eigenvalue weighted by atomic mass is 10.1. The summed E-state index contributed by atoms with van der Waals surface area (Å²) in [6.45, 7) is 4.62. The van der Waals surface area contributed by atoms with Gasteiger partial charge in [0.05, 0.1) is 12.2 Å². The first-order valence-corrected chi connectivity index (χ1v) is 7.39. The molecular weight excluding hydrogens is 219 g/mol. The summed E-state index contributed by atoms with van der Waals surface area (Å²) in [6.07, 6.45) is 8.51. The SMILES string of the molecule is CO[C@H]1[C@H](OC)[C@H](C)P(C2=CCC=C2)[C@H]1C. The number of ether oxygens (including phenoxy) is 2. The van der Waals surface area contributed by atoms with E-state index in [4.69, 9.17) is 9.47 Å². The van der Waals surface area contributed by atoms with Crippen molar-refractivity contribution in [2.24, 2.45) is 0 Å². The molecule has 2 nitrogen and oxygen atoms in total. The second-order valence-corrected chi connectivity index (χ2v) is 7.52. The average molecular weight is 240 g/mol. The molecule has 0 unspecified atom stereocenters. The van der Waals surface area contributed by atoms with Gasteiger partial charge in [0, 0.05) is 25.5 Å². The minimum Gasteiger partial charge on any atom is -0.378 e. The predicted molar refractivity (Wildman–Crippen MR) is 69.3 cm³/mol. The Kier molecular flexibility index (Phi) is 3.84. The van der Waals surface area contributed by atoms with Gasteiger partial charge in [0.2, 0.25) is 0 Å². The molecule has 16 heavy (non-hydrogen) atoms. The summed E-state index contributed by atoms with van der Waals surface area (Å²) in [7, 11) is 3.47. The fourth-order valence-electron chi connectivity index (χ4n) is 3.01. The highest BCUT2D eigenvalue weighted by Crippen LogP contribution is 2.63. The molecule has 0 spiro atoms. The van der Waals surface area contributed by atoms with Crippen molar-refractivity contribution in [3.8, 4) is 0 Å². The van der Waals surface area contributed by atoms with Crippen molar-refractivity contribution in [3.05, 3.63) is 23.5 Å². The molecule has 0 radical (unpaired) electrons. The van der Waals surface area contributed by atoms with Crippen molar-refractivity contribution in [2.45, 2.75) is 43.8 Å². The third-order valence-electron chi connectivity index (χ3n) is 3.75. The van der Waals surface area contributed by atoms with E-state index in [2.05, 4.69) is 32.1 Å². The Hall–Kier alpha value is -0.170. The lowest BCUT2D eigenvalue weighted by Gasteiger charge is -2.22. The van der Waals surface area contributed by atoms with Crippen molar-refractivity contribution in [3.63, 3.8) is 0 Å². The first kappa shape index (κ1) is 12.3. The molecular formula is C13H21O2P. The molecule has 0 aromatic carbocycles. The van der Waals surface area contributed by atoms with E-state index in [1.54, 1.807) is 14.2 Å². The van der Waals surface area contributed by atoms with E-state index in [9.17, 15) is 0 Å². The number of hydrogen-bond acceptors (Lipinski definition) is 2. The highest BCUT2D eigenvalue weighted by Gasteiger charge is 2.47. The summed E-state index contributed by atoms with van der Waals surface area (Å²) in [5, 5.41) is 1.54. The van der Waals surface area contributed by atoms with Gasteiger partial charge in [-0.3, -0.25) is 0 Å². The summed E-state index contributed by atoms with van der Waals surface area (Å²) in [5.74, 6) is 0. The van der Waals surface area contributed by atoms with Gasteiger partial charge >= 0.3 is 0 Å². The molecule has 0 N–H and O–H groups in total. The molecule has 1 heterocycles. The van der Waals surface area contributed by atoms with Crippen molar-refractivity contribution in [2.75, 3.05) is 14.2 Å². The minimum atomic E-state index is -0.135. The molecule has 1 fully saturated rings. The molecule has 0 aromatic heterocycles. The van der Waals surface area contributed by atoms with Crippen LogP contribution in [-0.2, 0) is 9.47 Å². The number of methoxy groups -OCH3 is 2. The van der Waals surface area contributed by atoms with E-state index in [0.29, 0.717) is 11.3 Å². The van der Waals surface area contributed by atoms with Crippen LogP contribution in [0, 0.1) is 0 Å². The summed E-state index contributed by atoms with van der Waals surface area (Å²) in [4.78, 5) is 0. The zero-order chi connectivity index (χ0) is 11.7. The molecule has 0 bridgehead atoms. The van der Waals surface area contributed by atoms with Gasteiger partial charge in [-0.15, -0.1) is 0 Å². The fraction of sp³-hybridized carbons (Fsp3) is 0.692. The molecule has 0 amide bonds. The van der Waals surface area contributed by atoms with Crippen LogP contribution in [0.3, 0.4) is 0 Å². The van der Waals surface area contributed by atoms with Gasteiger partial charge in [-0.05, 0) is 11.7 Å². The second-order valence-electron chi connectivity index (χ2n) is 4.56. The zero-order valence-electron chi connectivity index (χ0n) is 10.5. The summed E-state index contributed by atoms with van der Waals surface area (Å²) >= 11 is 0. The Labute approximate surface area is 99.5 Å². The molecule has 4 atom stereocenters. The number of rotatable bonds is 3. The van der Waals surface area contributed by atoms with Crippen molar-refractivity contribution in [1.29, 1.82) is 0 Å². The van der Waals surface area contributed by atoms with Crippen LogP contribution in [-0.4, -0.2) is 37.7 Å². The van der Waals surface area contributed by atoms with Gasteiger partial charge in [0.15, 0.2) is 0 Å². The van der Waals surface area contributed by atoms with Crippen LogP contribution in [0.5, 0.6) is 0 Å². The Morgan fingerprint density at radius 2 is 1.69 bits per heavy atom. The van der Waals surface area contributed by atoms with Gasteiger partial charge in [0.25, 0.3) is 0 Å². The molecule has 1 saturated heterocycles. The molecule has 2 aliphatic rings. The van der Waals surface area contributed by atoms with Gasteiger partial charge in [0.1, 0.15) is 0 Å². The van der Waals surface area contributed by atoms with Gasteiger partial charge in [-0.25, -0.2) is 0 Å². The van der Waals surface area contributed by atoms with Crippen LogP contribution in [0.2, 0.25) is 0 Å². The maximum Gasteiger partial charge on any atom is 0.0906 e. The minimum absolute atomic E-state index is 0.135. The first-order valence-electron chi connectivity index (χ1n) is 5.91. The first-order chi connectivity index (χ1) is 7.70. The summed E-state index contributed by atoms with van der Waals surface area (Å²) in [5.41, 5.74) is 1.18. The van der Waals surface area contributed by atoms with E-state index < -0.39 is 0 Å². The molecule has 2 rings (SSSR count). The highest BCUT2D eigenvalue weighted by atomic mass is 31.1. The Bertz CT molecular complexity index is 295. The van der Waals surface area contributed by atoms with E-state index in [1.807, 2.05) is 0 Å². The van der Waals surface area contributed by atoms with E-state index in [-0.39, 0.29) is 20.1 Å². The normalized spacial score (nSPS) is 42.8. The monoisotopic (exact) mass is 240 g/mol. The van der Waals surface area contributed by atoms with Crippen molar-refractivity contribution in [1.82, 2.24) is 0 Å². The van der Waals surface area contributed by atoms with Crippen LogP contribution in [0.4, 0.5) is 0 Å². The van der Waals surface area contributed by atoms with Crippen LogP contribution < -0.4 is 0 Å². The lowest BCUT2D eigenvalue weighted by molar-refractivity contribution is -0.0244. The number of hydrogen-bond donors (Lipinski definition) is 0. The molecule has 0 aromatic rings. The van der Waals surface area contributed by atoms with Crippen molar-refractivity contribution >= 4 is 7.92 Å². The van der Waals surface area contributed by atoms with E-state index in [0.717, 1.165) is 6.42 Å². The Morgan fingerprint density at radius 3 is 2.06 bits per heavy atom. The largest absolute Gasteiger partial charge is 0.378 e. The Morgan fingerprint density at radius 1 is 1.12 bits per heavy atom. The Balaban J connectivity index is 2.23. The zero-order valence-corrected chi connectivity index (χ0v) is 11.4. The van der Waals surface area contributed by atoms with Crippen LogP contribution in [0.1, 0.15) is 20.3 Å².